The van der Waals surface area contributed by atoms with Gasteiger partial charge in [-0.25, -0.2) is 4.79 Å². The van der Waals surface area contributed by atoms with Crippen LogP contribution in [0.4, 0.5) is 5.69 Å². The number of benzene rings is 3. The number of fused-ring (bicyclic) bond motifs is 7. The van der Waals surface area contributed by atoms with Gasteiger partial charge in [-0.2, -0.15) is 0 Å². The van der Waals surface area contributed by atoms with E-state index in [0.29, 0.717) is 88.2 Å². The molecule has 6 N–H and O–H groups in total. The Morgan fingerprint density at radius 1 is 0.930 bits per heavy atom. The zero-order valence-electron chi connectivity index (χ0n) is 41.9. The van der Waals surface area contributed by atoms with Gasteiger partial charge in [-0.15, -0.1) is 0 Å². The van der Waals surface area contributed by atoms with Crippen LogP contribution in [0.25, 0.3) is 21.8 Å². The van der Waals surface area contributed by atoms with Gasteiger partial charge < -0.3 is 49.7 Å². The van der Waals surface area contributed by atoms with Gasteiger partial charge in [0.2, 0.25) is 0 Å². The van der Waals surface area contributed by atoms with Crippen molar-refractivity contribution in [3.8, 4) is 5.75 Å². The Labute approximate surface area is 414 Å². The number of ether oxygens (including phenoxy) is 3. The molecule has 2 bridgehead atoms. The number of nitrogens with one attached hydrogen (secondary N) is 3. The van der Waals surface area contributed by atoms with Gasteiger partial charge in [0.25, 0.3) is 5.91 Å². The highest BCUT2D eigenvalue weighted by molar-refractivity contribution is 5.97. The number of para-hydroxylation sites is 2. The molecule has 1 spiro atoms. The first kappa shape index (κ1) is 47.6. The molecule has 5 aliphatic heterocycles. The number of hydrogen-bond acceptors (Lipinski definition) is 12. The number of methoxy groups -OCH3 is 3. The van der Waals surface area contributed by atoms with Crippen molar-refractivity contribution in [2.24, 2.45) is 11.3 Å². The lowest BCUT2D eigenvalue weighted by Crippen LogP contribution is -2.87. The third kappa shape index (κ3) is 6.22. The summed E-state index contributed by atoms with van der Waals surface area (Å²) in [7, 11) is 6.15. The number of carbonyl (C=O) groups is 3. The van der Waals surface area contributed by atoms with E-state index in [4.69, 9.17) is 14.2 Å². The summed E-state index contributed by atoms with van der Waals surface area (Å²) in [6.07, 6.45) is 7.06. The summed E-state index contributed by atoms with van der Waals surface area (Å²) < 4.78 is 17.8. The van der Waals surface area contributed by atoms with Crippen LogP contribution in [-0.4, -0.2) is 149 Å². The van der Waals surface area contributed by atoms with Gasteiger partial charge in [0.05, 0.1) is 32.5 Å². The van der Waals surface area contributed by atoms with E-state index in [2.05, 4.69) is 37.2 Å². The van der Waals surface area contributed by atoms with Crippen LogP contribution in [0.15, 0.2) is 79.0 Å². The van der Waals surface area contributed by atoms with E-state index in [0.717, 1.165) is 44.2 Å². The van der Waals surface area contributed by atoms with E-state index >= 15 is 9.59 Å². The number of piperidine rings is 1. The number of carbonyl (C=O) groups excluding carboxylic acids is 3. The SMILES string of the molecule is CC[C@]1(O)C[C@@H]2CN(CCc3c([nH]c4ccccc34)[C@@](C(=O)OC)(c3cc4c(cc3OC)N(C)[C@@]3(C)[C@@](O)(C(=O)N[C@@H](Cc5c[nH]c6ccccc56)C(=O)OC)[C@H](O)[C@]5(CC)C=CCN6CC[C@]43[C@@H]65)C2)C1. The van der Waals surface area contributed by atoms with Crippen LogP contribution in [0.1, 0.15) is 80.8 Å². The highest BCUT2D eigenvalue weighted by atomic mass is 16.5. The Bertz CT molecular complexity index is 3000. The zero-order valence-corrected chi connectivity index (χ0v) is 41.9. The van der Waals surface area contributed by atoms with E-state index in [1.54, 1.807) is 7.11 Å². The van der Waals surface area contributed by atoms with Crippen molar-refractivity contribution in [3.05, 3.63) is 107 Å². The molecule has 1 saturated carbocycles. The van der Waals surface area contributed by atoms with Crippen molar-refractivity contribution in [2.45, 2.75) is 111 Å². The van der Waals surface area contributed by atoms with Crippen LogP contribution in [-0.2, 0) is 47.5 Å². The molecule has 1 aliphatic carbocycles. The number of rotatable bonds is 10. The summed E-state index contributed by atoms with van der Waals surface area (Å²) in [5, 5.41) is 44.3. The Hall–Kier alpha value is -5.71. The molecule has 11 rings (SSSR count). The average molecular weight is 969 g/mol. The number of aliphatic hydroxyl groups is 3. The maximum Gasteiger partial charge on any atom is 0.328 e. The standard InChI is InChI=1S/C56H68N6O9/c1-8-52(67)28-33-29-54(50(66)71-7,45-37(19-23-61(31-33)32-52)36-16-11-13-18-41(36)58-45)39-26-38-43(27-44(39)69-5)60(4)51(3)55(38)21-24-62-22-14-20-53(9-2,47(55)62)48(64)56(51,68)49(65)59-42(46(63)70-6)25-34-30-57-40-17-12-10-15-35(34)40/h10-18,20,26-27,30,33,42,47-48,57-58,64,67-68H,8-9,19,21-25,28-29,31-32H2,1-7H3,(H,59,65)/t33-,42-,47-,48+,51+,52-,53+,54-,55+,56-/m0/s1. The molecular formula is C56H68N6O9. The van der Waals surface area contributed by atoms with Crippen LogP contribution in [0, 0.1) is 11.3 Å². The molecule has 11 atom stereocenters. The Balaban J connectivity index is 1.14. The molecule has 3 fully saturated rings. The van der Waals surface area contributed by atoms with Crippen molar-refractivity contribution in [1.82, 2.24) is 25.1 Å². The van der Waals surface area contributed by atoms with E-state index < -0.39 is 69.0 Å². The predicted octanol–water partition coefficient (Wildman–Crippen LogP) is 5.02. The number of nitrogens with zero attached hydrogens (tertiary/aromatic N) is 3. The van der Waals surface area contributed by atoms with Crippen LogP contribution in [0.5, 0.6) is 5.75 Å². The van der Waals surface area contributed by atoms with E-state index in [1.807, 2.05) is 99.6 Å². The topological polar surface area (TPSA) is 193 Å². The first-order valence-electron chi connectivity index (χ1n) is 25.4. The second-order valence-electron chi connectivity index (χ2n) is 21.7. The monoisotopic (exact) mass is 969 g/mol. The fourth-order valence-corrected chi connectivity index (χ4v) is 15.6. The number of anilines is 1. The molecule has 2 saturated heterocycles. The molecule has 0 radical (unpaired) electrons. The molecule has 5 aromatic rings. The molecule has 6 aliphatic rings. The number of H-pyrrole nitrogens is 2. The zero-order chi connectivity index (χ0) is 50.0. The molecular weight excluding hydrogens is 901 g/mol. The van der Waals surface area contributed by atoms with Crippen molar-refractivity contribution in [3.63, 3.8) is 0 Å². The average Bonchev–Trinajstić information content (AvgIpc) is 4.15. The predicted molar refractivity (Wildman–Crippen MR) is 269 cm³/mol. The first-order chi connectivity index (χ1) is 34.0. The summed E-state index contributed by atoms with van der Waals surface area (Å²) in [6, 6.07) is 18.2. The Morgan fingerprint density at radius 2 is 1.68 bits per heavy atom. The summed E-state index contributed by atoms with van der Waals surface area (Å²) >= 11 is 0. The smallest absolute Gasteiger partial charge is 0.328 e. The normalized spacial score (nSPS) is 34.3. The minimum absolute atomic E-state index is 0.0576. The maximum absolute atomic E-state index is 15.8. The molecule has 71 heavy (non-hydrogen) atoms. The van der Waals surface area contributed by atoms with Crippen LogP contribution >= 0.6 is 0 Å². The fourth-order valence-electron chi connectivity index (χ4n) is 15.6. The molecule has 3 aromatic carbocycles. The number of aromatic amines is 2. The number of aromatic nitrogens is 2. The summed E-state index contributed by atoms with van der Waals surface area (Å²) in [5.74, 6) is -1.78. The molecule has 1 amide bonds. The van der Waals surface area contributed by atoms with Crippen molar-refractivity contribution >= 4 is 45.3 Å². The van der Waals surface area contributed by atoms with E-state index in [-0.39, 0.29) is 12.3 Å². The Morgan fingerprint density at radius 3 is 2.39 bits per heavy atom. The molecule has 15 heteroatoms. The number of aliphatic hydroxyl groups excluding tert-OH is 1. The number of hydrogen-bond donors (Lipinski definition) is 6. The van der Waals surface area contributed by atoms with E-state index in [1.165, 1.54) is 14.2 Å². The van der Waals surface area contributed by atoms with Crippen LogP contribution in [0.3, 0.4) is 0 Å². The molecule has 1 unspecified atom stereocenters. The Kier molecular flexibility index (Phi) is 11.2. The van der Waals surface area contributed by atoms with Gasteiger partial charge >= 0.3 is 11.9 Å². The third-order valence-electron chi connectivity index (χ3n) is 19.0. The van der Waals surface area contributed by atoms with Crippen molar-refractivity contribution in [1.29, 1.82) is 0 Å². The van der Waals surface area contributed by atoms with Crippen molar-refractivity contribution < 1.29 is 43.9 Å². The fraction of sp³-hybridized carbons (Fsp3) is 0.518. The van der Waals surface area contributed by atoms with Gasteiger partial charge in [0.1, 0.15) is 23.3 Å². The highest BCUT2D eigenvalue weighted by Gasteiger charge is 2.84. The van der Waals surface area contributed by atoms with Crippen molar-refractivity contribution in [2.75, 3.05) is 66.0 Å². The number of likely N-dealkylation sites (N-methyl/N-ethyl adjacent to an activating group) is 1. The number of amides is 1. The summed E-state index contributed by atoms with van der Waals surface area (Å²) in [6.45, 7) is 8.98. The largest absolute Gasteiger partial charge is 0.496 e. The minimum atomic E-state index is -2.57. The second-order valence-corrected chi connectivity index (χ2v) is 21.7. The third-order valence-corrected chi connectivity index (χ3v) is 19.0. The lowest BCUT2D eigenvalue weighted by molar-refractivity contribution is -0.224. The van der Waals surface area contributed by atoms with Gasteiger partial charge in [-0.05, 0) is 92.8 Å². The van der Waals surface area contributed by atoms with Gasteiger partial charge in [0, 0.05) is 108 Å². The molecule has 2 aromatic heterocycles. The van der Waals surface area contributed by atoms with Crippen LogP contribution < -0.4 is 15.0 Å². The van der Waals surface area contributed by atoms with Gasteiger partial charge in [-0.1, -0.05) is 62.4 Å². The van der Waals surface area contributed by atoms with Crippen LogP contribution in [0.2, 0.25) is 0 Å². The van der Waals surface area contributed by atoms with Gasteiger partial charge in [-0.3, -0.25) is 19.4 Å². The maximum atomic E-state index is 15.8. The number of esters is 2. The molecule has 15 nitrogen and oxygen atoms in total. The minimum Gasteiger partial charge on any atom is -0.496 e. The summed E-state index contributed by atoms with van der Waals surface area (Å²) in [5.41, 5.74) is -2.50. The quantitative estimate of drug-likeness (QED) is 0.0811. The lowest BCUT2D eigenvalue weighted by Gasteiger charge is -2.68. The highest BCUT2D eigenvalue weighted by Crippen LogP contribution is 2.71. The summed E-state index contributed by atoms with van der Waals surface area (Å²) in [4.78, 5) is 58.9. The second kappa shape index (κ2) is 16.7. The van der Waals surface area contributed by atoms with E-state index in [9.17, 15) is 20.1 Å². The lowest BCUT2D eigenvalue weighted by atomic mass is 9.42. The first-order valence-corrected chi connectivity index (χ1v) is 25.4. The molecule has 376 valence electrons. The van der Waals surface area contributed by atoms with Gasteiger partial charge in [0.15, 0.2) is 5.60 Å². The molecule has 7 heterocycles.